The van der Waals surface area contributed by atoms with Crippen LogP contribution in [0.25, 0.3) is 11.3 Å². The second-order valence-corrected chi connectivity index (χ2v) is 9.55. The molecule has 0 aliphatic heterocycles. The Bertz CT molecular complexity index is 821. The molecular weight excluding hydrogens is 346 g/mol. The zero-order chi connectivity index (χ0) is 17.8. The molecule has 0 aromatic carbocycles. The number of amides is 1. The number of nitrogens with one attached hydrogen (secondary N) is 1. The van der Waals surface area contributed by atoms with E-state index in [0.29, 0.717) is 23.4 Å². The number of aliphatic hydroxyl groups is 1. The van der Waals surface area contributed by atoms with E-state index in [1.165, 1.54) is 17.8 Å². The van der Waals surface area contributed by atoms with Gasteiger partial charge in [0.15, 0.2) is 5.13 Å². The van der Waals surface area contributed by atoms with Crippen molar-refractivity contribution in [2.24, 2.45) is 17.3 Å². The van der Waals surface area contributed by atoms with Gasteiger partial charge in [-0.2, -0.15) is 0 Å². The van der Waals surface area contributed by atoms with Crippen molar-refractivity contribution in [1.82, 2.24) is 9.97 Å². The lowest BCUT2D eigenvalue weighted by atomic mass is 9.47. The highest BCUT2D eigenvalue weighted by atomic mass is 32.1. The topological polar surface area (TPSA) is 75.1 Å². The molecule has 0 spiro atoms. The van der Waals surface area contributed by atoms with Crippen molar-refractivity contribution in [2.75, 3.05) is 5.32 Å². The first-order valence-electron chi connectivity index (χ1n) is 9.39. The molecule has 4 fully saturated rings. The van der Waals surface area contributed by atoms with Crippen molar-refractivity contribution in [2.45, 2.75) is 50.5 Å². The summed E-state index contributed by atoms with van der Waals surface area (Å²) in [6.07, 6.45) is 10.1. The monoisotopic (exact) mass is 369 g/mol. The average molecular weight is 369 g/mol. The molecule has 2 atom stereocenters. The number of hydrogen-bond donors (Lipinski definition) is 2. The molecule has 2 N–H and O–H groups in total. The summed E-state index contributed by atoms with van der Waals surface area (Å²) in [6, 6.07) is 3.84. The van der Waals surface area contributed by atoms with E-state index in [2.05, 4.69) is 15.3 Å². The summed E-state index contributed by atoms with van der Waals surface area (Å²) in [5.74, 6) is 1.24. The fourth-order valence-corrected chi connectivity index (χ4v) is 6.83. The highest BCUT2D eigenvalue weighted by molar-refractivity contribution is 7.14. The summed E-state index contributed by atoms with van der Waals surface area (Å²) in [7, 11) is 0. The number of nitrogens with zero attached hydrogens (tertiary/aromatic N) is 2. The van der Waals surface area contributed by atoms with E-state index in [9.17, 15) is 9.90 Å². The Labute approximate surface area is 156 Å². The Morgan fingerprint density at radius 1 is 1.31 bits per heavy atom. The number of aromatic nitrogens is 2. The van der Waals surface area contributed by atoms with E-state index < -0.39 is 5.60 Å². The Hall–Kier alpha value is -1.79. The number of pyridine rings is 1. The molecular formula is C20H23N3O2S. The highest BCUT2D eigenvalue weighted by Crippen LogP contribution is 2.62. The standard InChI is InChI=1S/C20H23N3O2S/c24-17(23-18-22-16(11-26-18)15-2-1-3-21-10-15)9-19-5-13-4-14(6-19)8-20(25,7-13)12-19/h1-3,10-11,13-14,25H,4-9,12H2,(H,22,23,24). The van der Waals surface area contributed by atoms with E-state index in [1.54, 1.807) is 12.4 Å². The van der Waals surface area contributed by atoms with Crippen LogP contribution in [0, 0.1) is 17.3 Å². The largest absolute Gasteiger partial charge is 0.390 e. The zero-order valence-electron chi connectivity index (χ0n) is 14.6. The minimum Gasteiger partial charge on any atom is -0.390 e. The van der Waals surface area contributed by atoms with Crippen molar-refractivity contribution in [3.63, 3.8) is 0 Å². The summed E-state index contributed by atoms with van der Waals surface area (Å²) in [4.78, 5) is 21.3. The molecule has 6 rings (SSSR count). The number of anilines is 1. The lowest BCUT2D eigenvalue weighted by Crippen LogP contribution is -2.56. The molecule has 0 saturated heterocycles. The van der Waals surface area contributed by atoms with Crippen molar-refractivity contribution in [1.29, 1.82) is 0 Å². The van der Waals surface area contributed by atoms with Gasteiger partial charge in [0.05, 0.1) is 11.3 Å². The fourth-order valence-electron chi connectivity index (χ4n) is 6.09. The summed E-state index contributed by atoms with van der Waals surface area (Å²) < 4.78 is 0. The van der Waals surface area contributed by atoms with Crippen LogP contribution < -0.4 is 5.32 Å². The van der Waals surface area contributed by atoms with Gasteiger partial charge in [-0.3, -0.25) is 9.78 Å². The summed E-state index contributed by atoms with van der Waals surface area (Å²) in [6.45, 7) is 0. The van der Waals surface area contributed by atoms with Gasteiger partial charge in [-0.05, 0) is 67.9 Å². The molecule has 2 heterocycles. The lowest BCUT2D eigenvalue weighted by molar-refractivity contribution is -0.167. The summed E-state index contributed by atoms with van der Waals surface area (Å²) in [5, 5.41) is 16.4. The van der Waals surface area contributed by atoms with Crippen LogP contribution in [0.2, 0.25) is 0 Å². The van der Waals surface area contributed by atoms with Crippen LogP contribution in [0.4, 0.5) is 5.13 Å². The van der Waals surface area contributed by atoms with Gasteiger partial charge >= 0.3 is 0 Å². The van der Waals surface area contributed by atoms with E-state index in [1.807, 2.05) is 17.5 Å². The van der Waals surface area contributed by atoms with Crippen LogP contribution in [0.3, 0.4) is 0 Å². The first-order chi connectivity index (χ1) is 12.5. The van der Waals surface area contributed by atoms with Crippen molar-refractivity contribution >= 4 is 22.4 Å². The SMILES string of the molecule is O=C(CC12CC3CC(CC(O)(C3)C1)C2)Nc1nc(-c2cccnc2)cs1. The van der Waals surface area contributed by atoms with Gasteiger partial charge < -0.3 is 10.4 Å². The number of carbonyl (C=O) groups is 1. The number of hydrogen-bond acceptors (Lipinski definition) is 5. The maximum absolute atomic E-state index is 12.7. The first kappa shape index (κ1) is 16.4. The van der Waals surface area contributed by atoms with Gasteiger partial charge in [0.25, 0.3) is 0 Å². The maximum Gasteiger partial charge on any atom is 0.226 e. The van der Waals surface area contributed by atoms with Gasteiger partial charge in [-0.25, -0.2) is 4.98 Å². The number of carbonyl (C=O) groups excluding carboxylic acids is 1. The van der Waals surface area contributed by atoms with Gasteiger partial charge in [0.1, 0.15) is 0 Å². The van der Waals surface area contributed by atoms with Crippen molar-refractivity contribution in [3.05, 3.63) is 29.9 Å². The fraction of sp³-hybridized carbons (Fsp3) is 0.550. The molecule has 2 unspecified atom stereocenters. The lowest BCUT2D eigenvalue weighted by Gasteiger charge is -2.60. The van der Waals surface area contributed by atoms with Crippen LogP contribution in [0.1, 0.15) is 44.9 Å². The third kappa shape index (κ3) is 2.95. The summed E-state index contributed by atoms with van der Waals surface area (Å²) >= 11 is 1.44. The molecule has 5 nitrogen and oxygen atoms in total. The molecule has 2 aromatic rings. The Morgan fingerprint density at radius 2 is 2.12 bits per heavy atom. The van der Waals surface area contributed by atoms with Crippen LogP contribution in [0.5, 0.6) is 0 Å². The van der Waals surface area contributed by atoms with Crippen molar-refractivity contribution in [3.8, 4) is 11.3 Å². The van der Waals surface area contributed by atoms with Crippen molar-refractivity contribution < 1.29 is 9.90 Å². The minimum atomic E-state index is -0.515. The van der Waals surface area contributed by atoms with Crippen LogP contribution in [-0.2, 0) is 4.79 Å². The molecule has 0 radical (unpaired) electrons. The number of rotatable bonds is 4. The van der Waals surface area contributed by atoms with E-state index in [-0.39, 0.29) is 11.3 Å². The highest BCUT2D eigenvalue weighted by Gasteiger charge is 2.57. The quantitative estimate of drug-likeness (QED) is 0.858. The third-order valence-corrected chi connectivity index (χ3v) is 7.15. The minimum absolute atomic E-state index is 0.00758. The molecule has 4 aliphatic rings. The first-order valence-corrected chi connectivity index (χ1v) is 10.3. The van der Waals surface area contributed by atoms with Gasteiger partial charge in [-0.1, -0.05) is 0 Å². The zero-order valence-corrected chi connectivity index (χ0v) is 15.5. The van der Waals surface area contributed by atoms with Gasteiger partial charge in [0.2, 0.25) is 5.91 Å². The van der Waals surface area contributed by atoms with Crippen LogP contribution in [-0.4, -0.2) is 26.6 Å². The maximum atomic E-state index is 12.7. The molecule has 2 aromatic heterocycles. The Balaban J connectivity index is 1.28. The molecule has 4 bridgehead atoms. The van der Waals surface area contributed by atoms with E-state index >= 15 is 0 Å². The second-order valence-electron chi connectivity index (χ2n) is 8.69. The smallest absolute Gasteiger partial charge is 0.226 e. The normalized spacial score (nSPS) is 34.8. The van der Waals surface area contributed by atoms with Gasteiger partial charge in [-0.15, -0.1) is 11.3 Å². The molecule has 4 saturated carbocycles. The molecule has 26 heavy (non-hydrogen) atoms. The second kappa shape index (κ2) is 5.86. The van der Waals surface area contributed by atoms with E-state index in [0.717, 1.165) is 43.4 Å². The van der Waals surface area contributed by atoms with Crippen LogP contribution >= 0.6 is 11.3 Å². The molecule has 4 aliphatic carbocycles. The predicted octanol–water partition coefficient (Wildman–Crippen LogP) is 3.87. The number of thiazole rings is 1. The molecule has 6 heteroatoms. The third-order valence-electron chi connectivity index (χ3n) is 6.39. The van der Waals surface area contributed by atoms with Crippen LogP contribution in [0.15, 0.2) is 29.9 Å². The molecule has 1 amide bonds. The predicted molar refractivity (Wildman–Crippen MR) is 101 cm³/mol. The van der Waals surface area contributed by atoms with Gasteiger partial charge in [0, 0.05) is 29.8 Å². The van der Waals surface area contributed by atoms with E-state index in [4.69, 9.17) is 0 Å². The molecule has 136 valence electrons. The average Bonchev–Trinajstić information content (AvgIpc) is 3.01. The summed E-state index contributed by atoms with van der Waals surface area (Å²) in [5.41, 5.74) is 1.26. The Morgan fingerprint density at radius 3 is 2.81 bits per heavy atom. The Kier molecular flexibility index (Phi) is 3.69.